The molecule has 0 aliphatic rings. The topological polar surface area (TPSA) is 56.0 Å². The van der Waals surface area contributed by atoms with Gasteiger partial charge in [0.1, 0.15) is 0 Å². The number of thioether (sulfide) groups is 1. The Morgan fingerprint density at radius 1 is 1.33 bits per heavy atom. The molecule has 0 amide bonds. The highest BCUT2D eigenvalue weighted by Gasteiger charge is 2.05. The standard InChI is InChI=1S/C12H21N3O2S/c1-9(18-4)5-6-13-8-10-7-11(16)15(3)12(17)14(10)2/h7,9,13H,5-6,8H2,1-4H3. The molecule has 0 aromatic carbocycles. The molecule has 0 bridgehead atoms. The molecule has 1 aromatic heterocycles. The average Bonchev–Trinajstić information content (AvgIpc) is 2.37. The van der Waals surface area contributed by atoms with Crippen LogP contribution in [0.3, 0.4) is 0 Å². The van der Waals surface area contributed by atoms with E-state index in [-0.39, 0.29) is 11.2 Å². The third-order valence-electron chi connectivity index (χ3n) is 3.06. The van der Waals surface area contributed by atoms with E-state index in [0.717, 1.165) is 23.2 Å². The van der Waals surface area contributed by atoms with Crippen LogP contribution in [0.1, 0.15) is 19.0 Å². The first-order valence-corrected chi connectivity index (χ1v) is 7.25. The molecule has 1 atom stereocenters. The number of nitrogens with one attached hydrogen (secondary N) is 1. The number of nitrogens with zero attached hydrogens (tertiary/aromatic N) is 2. The van der Waals surface area contributed by atoms with E-state index in [1.807, 2.05) is 11.8 Å². The molecule has 1 rings (SSSR count). The Morgan fingerprint density at radius 3 is 2.61 bits per heavy atom. The Bertz CT molecular complexity index is 507. The van der Waals surface area contributed by atoms with Crippen LogP contribution in [-0.2, 0) is 20.6 Å². The van der Waals surface area contributed by atoms with Gasteiger partial charge in [0.2, 0.25) is 0 Å². The maximum Gasteiger partial charge on any atom is 0.330 e. The fraction of sp³-hybridized carbons (Fsp3) is 0.667. The average molecular weight is 271 g/mol. The normalized spacial score (nSPS) is 12.7. The Hall–Kier alpha value is -1.01. The van der Waals surface area contributed by atoms with E-state index in [1.165, 1.54) is 17.7 Å². The van der Waals surface area contributed by atoms with Gasteiger partial charge < -0.3 is 5.32 Å². The van der Waals surface area contributed by atoms with E-state index >= 15 is 0 Å². The fourth-order valence-electron chi connectivity index (χ4n) is 1.59. The summed E-state index contributed by atoms with van der Waals surface area (Å²) in [7, 11) is 3.17. The van der Waals surface area contributed by atoms with Crippen molar-refractivity contribution in [1.29, 1.82) is 0 Å². The van der Waals surface area contributed by atoms with E-state index in [2.05, 4.69) is 18.5 Å². The summed E-state index contributed by atoms with van der Waals surface area (Å²) in [5.41, 5.74) is 0.184. The second-order valence-corrected chi connectivity index (χ2v) is 5.66. The minimum Gasteiger partial charge on any atom is -0.311 e. The van der Waals surface area contributed by atoms with Gasteiger partial charge >= 0.3 is 5.69 Å². The van der Waals surface area contributed by atoms with Gasteiger partial charge in [0.25, 0.3) is 5.56 Å². The van der Waals surface area contributed by atoms with Crippen LogP contribution in [0.15, 0.2) is 15.7 Å². The van der Waals surface area contributed by atoms with Gasteiger partial charge in [0, 0.05) is 37.7 Å². The van der Waals surface area contributed by atoms with Gasteiger partial charge in [-0.3, -0.25) is 13.9 Å². The van der Waals surface area contributed by atoms with Gasteiger partial charge in [0.15, 0.2) is 0 Å². The largest absolute Gasteiger partial charge is 0.330 e. The molecule has 1 heterocycles. The third kappa shape index (κ3) is 3.74. The predicted molar refractivity (Wildman–Crippen MR) is 76.2 cm³/mol. The van der Waals surface area contributed by atoms with Gasteiger partial charge in [-0.2, -0.15) is 11.8 Å². The lowest BCUT2D eigenvalue weighted by Crippen LogP contribution is -2.39. The molecule has 0 saturated carbocycles. The lowest BCUT2D eigenvalue weighted by atomic mass is 10.3. The molecule has 6 heteroatoms. The van der Waals surface area contributed by atoms with Crippen LogP contribution < -0.4 is 16.6 Å². The molecule has 18 heavy (non-hydrogen) atoms. The number of rotatable bonds is 6. The molecule has 0 fully saturated rings. The van der Waals surface area contributed by atoms with Crippen molar-refractivity contribution in [3.05, 3.63) is 32.6 Å². The van der Waals surface area contributed by atoms with Crippen molar-refractivity contribution in [2.24, 2.45) is 14.1 Å². The van der Waals surface area contributed by atoms with Crippen molar-refractivity contribution in [2.75, 3.05) is 12.8 Å². The highest BCUT2D eigenvalue weighted by Crippen LogP contribution is 2.07. The molecule has 5 nitrogen and oxygen atoms in total. The lowest BCUT2D eigenvalue weighted by Gasteiger charge is -2.12. The molecule has 0 spiro atoms. The second-order valence-electron chi connectivity index (χ2n) is 4.39. The predicted octanol–water partition coefficient (Wildman–Crippen LogP) is 0.315. The van der Waals surface area contributed by atoms with Crippen LogP contribution in [0, 0.1) is 0 Å². The second kappa shape index (κ2) is 6.80. The van der Waals surface area contributed by atoms with Crippen LogP contribution >= 0.6 is 11.8 Å². The first kappa shape index (κ1) is 15.0. The molecule has 1 aromatic rings. The summed E-state index contributed by atoms with van der Waals surface area (Å²) in [5, 5.41) is 3.88. The van der Waals surface area contributed by atoms with Crippen LogP contribution in [-0.4, -0.2) is 27.2 Å². The Balaban J connectivity index is 2.64. The molecule has 0 aliphatic heterocycles. The summed E-state index contributed by atoms with van der Waals surface area (Å²) in [6.07, 6.45) is 3.16. The quantitative estimate of drug-likeness (QED) is 0.757. The zero-order valence-corrected chi connectivity index (χ0v) is 12.2. The highest BCUT2D eigenvalue weighted by molar-refractivity contribution is 7.99. The van der Waals surface area contributed by atoms with Crippen LogP contribution in [0.4, 0.5) is 0 Å². The zero-order valence-electron chi connectivity index (χ0n) is 11.4. The summed E-state index contributed by atoms with van der Waals surface area (Å²) >= 11 is 1.83. The monoisotopic (exact) mass is 271 g/mol. The van der Waals surface area contributed by atoms with Crippen molar-refractivity contribution in [3.63, 3.8) is 0 Å². The SMILES string of the molecule is CSC(C)CCNCc1cc(=O)n(C)c(=O)n1C. The maximum atomic E-state index is 11.7. The van der Waals surface area contributed by atoms with Crippen LogP contribution in [0.5, 0.6) is 0 Å². The Labute approximate surface area is 111 Å². The highest BCUT2D eigenvalue weighted by atomic mass is 32.2. The summed E-state index contributed by atoms with van der Waals surface area (Å²) in [6, 6.07) is 1.51. The first-order chi connectivity index (χ1) is 8.47. The molecule has 102 valence electrons. The van der Waals surface area contributed by atoms with Gasteiger partial charge in [-0.05, 0) is 19.2 Å². The smallest absolute Gasteiger partial charge is 0.311 e. The van der Waals surface area contributed by atoms with E-state index in [9.17, 15) is 9.59 Å². The van der Waals surface area contributed by atoms with Gasteiger partial charge in [0.05, 0.1) is 0 Å². The minimum atomic E-state index is -0.281. The van der Waals surface area contributed by atoms with Crippen LogP contribution in [0.2, 0.25) is 0 Å². The molecular weight excluding hydrogens is 250 g/mol. The summed E-state index contributed by atoms with van der Waals surface area (Å²) in [6.45, 7) is 3.61. The van der Waals surface area contributed by atoms with Gasteiger partial charge in [-0.15, -0.1) is 0 Å². The Morgan fingerprint density at radius 2 is 2.00 bits per heavy atom. The first-order valence-electron chi connectivity index (χ1n) is 5.96. The fourth-order valence-corrected chi connectivity index (χ4v) is 1.94. The molecule has 1 unspecified atom stereocenters. The summed E-state index contributed by atoms with van der Waals surface area (Å²) in [5.74, 6) is 0. The zero-order chi connectivity index (χ0) is 13.7. The summed E-state index contributed by atoms with van der Waals surface area (Å²) < 4.78 is 2.62. The molecular formula is C12H21N3O2S. The molecule has 0 radical (unpaired) electrons. The van der Waals surface area contributed by atoms with E-state index < -0.39 is 0 Å². The third-order valence-corrected chi connectivity index (χ3v) is 4.10. The van der Waals surface area contributed by atoms with Crippen molar-refractivity contribution in [1.82, 2.24) is 14.5 Å². The molecule has 0 aliphatic carbocycles. The van der Waals surface area contributed by atoms with Gasteiger partial charge in [-0.1, -0.05) is 6.92 Å². The number of hydrogen-bond acceptors (Lipinski definition) is 4. The van der Waals surface area contributed by atoms with E-state index in [0.29, 0.717) is 11.8 Å². The maximum absolute atomic E-state index is 11.7. The van der Waals surface area contributed by atoms with Crippen molar-refractivity contribution in [2.45, 2.75) is 25.1 Å². The van der Waals surface area contributed by atoms with Crippen molar-refractivity contribution in [3.8, 4) is 0 Å². The van der Waals surface area contributed by atoms with Crippen LogP contribution in [0.25, 0.3) is 0 Å². The lowest BCUT2D eigenvalue weighted by molar-refractivity contribution is 0.588. The molecule has 1 N–H and O–H groups in total. The van der Waals surface area contributed by atoms with Crippen molar-refractivity contribution < 1.29 is 0 Å². The van der Waals surface area contributed by atoms with Gasteiger partial charge in [-0.25, -0.2) is 4.79 Å². The van der Waals surface area contributed by atoms with Crippen molar-refractivity contribution >= 4 is 11.8 Å². The number of aromatic nitrogens is 2. The summed E-state index contributed by atoms with van der Waals surface area (Å²) in [4.78, 5) is 23.2. The van der Waals surface area contributed by atoms with E-state index in [4.69, 9.17) is 0 Å². The molecule has 0 saturated heterocycles. The number of hydrogen-bond donors (Lipinski definition) is 1. The van der Waals surface area contributed by atoms with E-state index in [1.54, 1.807) is 7.05 Å². The Kier molecular flexibility index (Phi) is 5.68. The minimum absolute atomic E-state index is 0.257.